The molecular formula is C27H32F6N2O. The van der Waals surface area contributed by atoms with Gasteiger partial charge in [-0.1, -0.05) is 19.9 Å². The van der Waals surface area contributed by atoms with Crippen molar-refractivity contribution in [2.45, 2.75) is 71.1 Å². The Morgan fingerprint density at radius 1 is 0.861 bits per heavy atom. The van der Waals surface area contributed by atoms with Crippen LogP contribution in [0.25, 0.3) is 0 Å². The number of anilines is 1. The Bertz CT molecular complexity index is 1040. The van der Waals surface area contributed by atoms with Gasteiger partial charge in [0, 0.05) is 24.7 Å². The smallest absolute Gasteiger partial charge is 0.371 e. The first kappa shape index (κ1) is 27.9. The van der Waals surface area contributed by atoms with Gasteiger partial charge in [-0.15, -0.1) is 0 Å². The van der Waals surface area contributed by atoms with E-state index < -0.39 is 35.3 Å². The van der Waals surface area contributed by atoms with Crippen LogP contribution in [0.15, 0.2) is 30.3 Å². The molecule has 3 rings (SSSR count). The van der Waals surface area contributed by atoms with Crippen molar-refractivity contribution < 1.29 is 31.1 Å². The van der Waals surface area contributed by atoms with Crippen LogP contribution in [0, 0.1) is 5.92 Å². The standard InChI is InChI=1S/C27H32F6N2O/c1-3-8-35(9-4-2)24-15-19-7-5-6-18(19)13-20(24)14-21(25(34)36)10-17-11-22(26(28,29)30)16-23(12-17)27(31,32)33/h11-13,15-16,21H,3-10,14H2,1-2H3,(H2,34,36). The quantitative estimate of drug-likeness (QED) is 0.358. The van der Waals surface area contributed by atoms with Gasteiger partial charge in [-0.3, -0.25) is 4.79 Å². The van der Waals surface area contributed by atoms with E-state index in [0.717, 1.165) is 56.4 Å². The zero-order valence-electron chi connectivity index (χ0n) is 20.5. The molecule has 1 aliphatic rings. The van der Waals surface area contributed by atoms with Crippen molar-refractivity contribution in [1.29, 1.82) is 0 Å². The second-order valence-electron chi connectivity index (χ2n) is 9.51. The van der Waals surface area contributed by atoms with Gasteiger partial charge in [-0.05, 0) is 91.5 Å². The largest absolute Gasteiger partial charge is 0.416 e. The number of halogens is 6. The fraction of sp³-hybridized carbons (Fsp3) is 0.519. The first-order valence-corrected chi connectivity index (χ1v) is 12.3. The molecule has 1 amide bonds. The molecule has 0 fully saturated rings. The predicted molar refractivity (Wildman–Crippen MR) is 128 cm³/mol. The second kappa shape index (κ2) is 11.1. The lowest BCUT2D eigenvalue weighted by Crippen LogP contribution is -2.30. The zero-order chi connectivity index (χ0) is 26.7. The molecule has 2 N–H and O–H groups in total. The lowest BCUT2D eigenvalue weighted by atomic mass is 9.88. The molecule has 2 aromatic carbocycles. The highest BCUT2D eigenvalue weighted by Gasteiger charge is 2.37. The summed E-state index contributed by atoms with van der Waals surface area (Å²) < 4.78 is 80.0. The molecule has 1 atom stereocenters. The normalized spacial score (nSPS) is 14.6. The number of alkyl halides is 6. The van der Waals surface area contributed by atoms with E-state index >= 15 is 0 Å². The number of primary amides is 1. The SMILES string of the molecule is CCCN(CCC)c1cc2c(cc1CC(Cc1cc(C(F)(F)F)cc(C(F)(F)F)c1)C(N)=O)CCC2. The molecule has 9 heteroatoms. The minimum absolute atomic E-state index is 0.0920. The molecule has 0 heterocycles. The van der Waals surface area contributed by atoms with Gasteiger partial charge >= 0.3 is 12.4 Å². The third kappa shape index (κ3) is 6.73. The molecule has 0 saturated carbocycles. The minimum atomic E-state index is -4.95. The average molecular weight is 515 g/mol. The highest BCUT2D eigenvalue weighted by molar-refractivity contribution is 5.78. The summed E-state index contributed by atoms with van der Waals surface area (Å²) in [6, 6.07) is 5.62. The number of nitrogens with two attached hydrogens (primary N) is 1. The molecule has 0 aromatic heterocycles. The van der Waals surface area contributed by atoms with Gasteiger partial charge in [0.1, 0.15) is 0 Å². The summed E-state index contributed by atoms with van der Waals surface area (Å²) in [5.41, 5.74) is 6.85. The van der Waals surface area contributed by atoms with Crippen LogP contribution >= 0.6 is 0 Å². The van der Waals surface area contributed by atoms with Crippen LogP contribution in [-0.2, 0) is 42.8 Å². The molecule has 0 saturated heterocycles. The average Bonchev–Trinajstić information content (AvgIpc) is 3.24. The highest BCUT2D eigenvalue weighted by Crippen LogP contribution is 2.38. The van der Waals surface area contributed by atoms with E-state index in [2.05, 4.69) is 24.8 Å². The summed E-state index contributed by atoms with van der Waals surface area (Å²) in [6.45, 7) is 5.72. The van der Waals surface area contributed by atoms with Gasteiger partial charge in [-0.25, -0.2) is 0 Å². The van der Waals surface area contributed by atoms with Crippen LogP contribution in [0.1, 0.15) is 66.5 Å². The predicted octanol–water partition coefficient (Wildman–Crippen LogP) is 6.73. The molecule has 3 nitrogen and oxygen atoms in total. The molecule has 36 heavy (non-hydrogen) atoms. The van der Waals surface area contributed by atoms with Gasteiger partial charge in [-0.2, -0.15) is 26.3 Å². The number of rotatable bonds is 10. The van der Waals surface area contributed by atoms with Gasteiger partial charge in [0.05, 0.1) is 11.1 Å². The third-order valence-corrected chi connectivity index (χ3v) is 6.62. The lowest BCUT2D eigenvalue weighted by molar-refractivity contribution is -0.143. The Balaban J connectivity index is 2.01. The first-order chi connectivity index (χ1) is 16.8. The van der Waals surface area contributed by atoms with E-state index in [0.29, 0.717) is 12.1 Å². The number of aryl methyl sites for hydroxylation is 2. The molecule has 2 aromatic rings. The first-order valence-electron chi connectivity index (χ1n) is 12.3. The molecule has 0 aliphatic heterocycles. The number of amides is 1. The van der Waals surface area contributed by atoms with Gasteiger partial charge in [0.15, 0.2) is 0 Å². The van der Waals surface area contributed by atoms with Crippen LogP contribution < -0.4 is 10.6 Å². The molecule has 1 unspecified atom stereocenters. The maximum Gasteiger partial charge on any atom is 0.416 e. The third-order valence-electron chi connectivity index (χ3n) is 6.62. The van der Waals surface area contributed by atoms with Crippen molar-refractivity contribution in [2.75, 3.05) is 18.0 Å². The van der Waals surface area contributed by atoms with Crippen LogP contribution in [0.5, 0.6) is 0 Å². The molecule has 198 valence electrons. The second-order valence-corrected chi connectivity index (χ2v) is 9.51. The summed E-state index contributed by atoms with van der Waals surface area (Å²) in [6.07, 6.45) is -5.41. The van der Waals surface area contributed by atoms with Crippen LogP contribution in [-0.4, -0.2) is 19.0 Å². The Kier molecular flexibility index (Phi) is 8.62. The Morgan fingerprint density at radius 3 is 1.86 bits per heavy atom. The number of hydrogen-bond donors (Lipinski definition) is 1. The van der Waals surface area contributed by atoms with Crippen molar-refractivity contribution in [3.8, 4) is 0 Å². The van der Waals surface area contributed by atoms with E-state index in [9.17, 15) is 31.1 Å². The Hall–Kier alpha value is -2.71. The number of fused-ring (bicyclic) bond motifs is 1. The number of nitrogens with zero attached hydrogens (tertiary/aromatic N) is 1. The Labute approximate surface area is 207 Å². The molecule has 0 radical (unpaired) electrons. The van der Waals surface area contributed by atoms with Crippen LogP contribution in [0.4, 0.5) is 32.0 Å². The number of carbonyl (C=O) groups is 1. The minimum Gasteiger partial charge on any atom is -0.371 e. The van der Waals surface area contributed by atoms with Crippen molar-refractivity contribution in [3.05, 3.63) is 63.7 Å². The van der Waals surface area contributed by atoms with E-state index in [4.69, 9.17) is 5.73 Å². The van der Waals surface area contributed by atoms with E-state index in [1.165, 1.54) is 11.1 Å². The Morgan fingerprint density at radius 2 is 1.39 bits per heavy atom. The summed E-state index contributed by atoms with van der Waals surface area (Å²) >= 11 is 0. The van der Waals surface area contributed by atoms with Crippen molar-refractivity contribution >= 4 is 11.6 Å². The fourth-order valence-electron chi connectivity index (χ4n) is 4.97. The van der Waals surface area contributed by atoms with Crippen molar-refractivity contribution in [3.63, 3.8) is 0 Å². The lowest BCUT2D eigenvalue weighted by Gasteiger charge is -2.28. The number of carbonyl (C=O) groups excluding carboxylic acids is 1. The van der Waals surface area contributed by atoms with Crippen molar-refractivity contribution in [2.24, 2.45) is 11.7 Å². The van der Waals surface area contributed by atoms with E-state index in [1.54, 1.807) is 0 Å². The van der Waals surface area contributed by atoms with Gasteiger partial charge < -0.3 is 10.6 Å². The maximum atomic E-state index is 13.3. The van der Waals surface area contributed by atoms with Crippen LogP contribution in [0.3, 0.4) is 0 Å². The summed E-state index contributed by atoms with van der Waals surface area (Å²) in [7, 11) is 0. The molecular weight excluding hydrogens is 482 g/mol. The summed E-state index contributed by atoms with van der Waals surface area (Å²) in [5, 5.41) is 0. The summed E-state index contributed by atoms with van der Waals surface area (Å²) in [5.74, 6) is -1.72. The maximum absolute atomic E-state index is 13.3. The summed E-state index contributed by atoms with van der Waals surface area (Å²) in [4.78, 5) is 14.6. The number of hydrogen-bond acceptors (Lipinski definition) is 2. The van der Waals surface area contributed by atoms with Crippen LogP contribution in [0.2, 0.25) is 0 Å². The van der Waals surface area contributed by atoms with E-state index in [1.807, 2.05) is 6.07 Å². The number of benzene rings is 2. The molecule has 0 spiro atoms. The molecule has 0 bridgehead atoms. The van der Waals surface area contributed by atoms with Gasteiger partial charge in [0.2, 0.25) is 5.91 Å². The fourth-order valence-corrected chi connectivity index (χ4v) is 4.97. The zero-order valence-corrected chi connectivity index (χ0v) is 20.5. The highest BCUT2D eigenvalue weighted by atomic mass is 19.4. The topological polar surface area (TPSA) is 46.3 Å². The van der Waals surface area contributed by atoms with E-state index in [-0.39, 0.29) is 24.5 Å². The molecule has 1 aliphatic carbocycles. The van der Waals surface area contributed by atoms with Crippen molar-refractivity contribution in [1.82, 2.24) is 0 Å². The van der Waals surface area contributed by atoms with Gasteiger partial charge in [0.25, 0.3) is 0 Å². The monoisotopic (exact) mass is 514 g/mol.